The van der Waals surface area contributed by atoms with Gasteiger partial charge in [0.2, 0.25) is 11.8 Å². The van der Waals surface area contributed by atoms with Gasteiger partial charge in [-0.25, -0.2) is 13.3 Å². The number of carbonyl (C=O) groups excluding carboxylic acids is 4. The second-order valence-corrected chi connectivity index (χ2v) is 15.1. The van der Waals surface area contributed by atoms with Crippen molar-refractivity contribution in [2.75, 3.05) is 29.9 Å². The number of hydrogen-bond donors (Lipinski definition) is 2. The van der Waals surface area contributed by atoms with Crippen molar-refractivity contribution in [3.63, 3.8) is 0 Å². The zero-order valence-electron chi connectivity index (χ0n) is 26.9. The second-order valence-electron chi connectivity index (χ2n) is 13.8. The lowest BCUT2D eigenvalue weighted by Crippen LogP contribution is -2.53. The third-order valence-electron chi connectivity index (χ3n) is 10.3. The van der Waals surface area contributed by atoms with Crippen LogP contribution in [0.15, 0.2) is 54.6 Å². The Morgan fingerprint density at radius 3 is 2.53 bits per heavy atom. The van der Waals surface area contributed by atoms with Gasteiger partial charge < -0.3 is 10.2 Å². The Morgan fingerprint density at radius 2 is 1.77 bits per heavy atom. The lowest BCUT2D eigenvalue weighted by atomic mass is 9.85. The molecule has 0 radical (unpaired) electrons. The molecule has 7 rings (SSSR count). The number of anilines is 2. The first-order chi connectivity index (χ1) is 22.6. The van der Waals surface area contributed by atoms with Crippen molar-refractivity contribution >= 4 is 56.9 Å². The normalized spacial score (nSPS) is 22.4. The number of urea groups is 1. The van der Waals surface area contributed by atoms with Crippen LogP contribution in [0.2, 0.25) is 0 Å². The summed E-state index contributed by atoms with van der Waals surface area (Å²) in [5, 5.41) is 7.28. The number of rotatable bonds is 6. The fourth-order valence-corrected chi connectivity index (χ4v) is 9.39. The first-order valence-corrected chi connectivity index (χ1v) is 17.9. The van der Waals surface area contributed by atoms with Gasteiger partial charge in [-0.05, 0) is 92.6 Å². The lowest BCUT2D eigenvalue weighted by molar-refractivity contribution is -0.134. The molecule has 4 aliphatic rings. The molecule has 4 aliphatic heterocycles. The molecule has 3 fully saturated rings. The highest BCUT2D eigenvalue weighted by Crippen LogP contribution is 2.44. The molecule has 10 nitrogen and oxygen atoms in total. The molecule has 47 heavy (non-hydrogen) atoms. The van der Waals surface area contributed by atoms with Gasteiger partial charge >= 0.3 is 6.03 Å². The van der Waals surface area contributed by atoms with Crippen LogP contribution in [0, 0.1) is 0 Å². The van der Waals surface area contributed by atoms with Gasteiger partial charge in [-0.2, -0.15) is 0 Å². The Labute approximate surface area is 277 Å². The van der Waals surface area contributed by atoms with Crippen molar-refractivity contribution in [3.8, 4) is 0 Å². The summed E-state index contributed by atoms with van der Waals surface area (Å²) in [6.07, 6.45) is 5.32. The molecule has 2 atom stereocenters. The van der Waals surface area contributed by atoms with Crippen LogP contribution in [0.3, 0.4) is 0 Å². The molecule has 0 saturated carbocycles. The molecule has 11 heteroatoms. The summed E-state index contributed by atoms with van der Waals surface area (Å²) < 4.78 is 15.4. The van der Waals surface area contributed by atoms with Crippen molar-refractivity contribution < 1.29 is 23.4 Å². The van der Waals surface area contributed by atoms with Crippen LogP contribution in [0.25, 0.3) is 10.8 Å². The van der Waals surface area contributed by atoms with E-state index in [1.54, 1.807) is 11.0 Å². The van der Waals surface area contributed by atoms with Gasteiger partial charge in [-0.15, -0.1) is 0 Å². The average Bonchev–Trinajstić information content (AvgIpc) is 3.33. The quantitative estimate of drug-likeness (QED) is 0.343. The third-order valence-corrected chi connectivity index (χ3v) is 12.0. The molecule has 2 unspecified atom stereocenters. The average molecular weight is 656 g/mol. The molecule has 0 aliphatic carbocycles. The van der Waals surface area contributed by atoms with Crippen molar-refractivity contribution in [1.29, 1.82) is 0 Å². The Kier molecular flexibility index (Phi) is 8.38. The number of likely N-dealkylation sites (tertiary alicyclic amines) is 1. The Balaban J connectivity index is 1.01. The van der Waals surface area contributed by atoms with Crippen LogP contribution in [0.5, 0.6) is 0 Å². The predicted molar refractivity (Wildman–Crippen MR) is 182 cm³/mol. The van der Waals surface area contributed by atoms with E-state index in [-0.39, 0.29) is 35.7 Å². The molecule has 0 aromatic heterocycles. The fraction of sp³-hybridized carbons (Fsp3) is 0.444. The summed E-state index contributed by atoms with van der Waals surface area (Å²) in [6.45, 7) is 6.34. The van der Waals surface area contributed by atoms with E-state index in [4.69, 9.17) is 0 Å². The molecule has 5 amide bonds. The molecule has 3 aromatic rings. The van der Waals surface area contributed by atoms with E-state index in [9.17, 15) is 23.4 Å². The van der Waals surface area contributed by atoms with Gasteiger partial charge in [-0.3, -0.25) is 24.6 Å². The molecule has 3 aromatic carbocycles. The number of nitrogens with zero attached hydrogens (tertiary/aromatic N) is 3. The Morgan fingerprint density at radius 1 is 0.979 bits per heavy atom. The first-order valence-electron chi connectivity index (χ1n) is 16.6. The summed E-state index contributed by atoms with van der Waals surface area (Å²) >= 11 is 0. The van der Waals surface area contributed by atoms with Gasteiger partial charge in [-0.1, -0.05) is 36.8 Å². The Bertz CT molecular complexity index is 1800. The van der Waals surface area contributed by atoms with Crippen LogP contribution in [0.4, 0.5) is 16.2 Å². The number of imide groups is 1. The van der Waals surface area contributed by atoms with E-state index in [1.165, 1.54) is 0 Å². The van der Waals surface area contributed by atoms with Crippen molar-refractivity contribution in [1.82, 2.24) is 14.5 Å². The third kappa shape index (κ3) is 5.95. The van der Waals surface area contributed by atoms with E-state index in [0.717, 1.165) is 60.5 Å². The van der Waals surface area contributed by atoms with Gasteiger partial charge in [0.25, 0.3) is 5.91 Å². The van der Waals surface area contributed by atoms with Gasteiger partial charge in [0.15, 0.2) is 0 Å². The van der Waals surface area contributed by atoms with Crippen LogP contribution < -0.4 is 15.5 Å². The minimum atomic E-state index is -1.13. The van der Waals surface area contributed by atoms with E-state index in [0.29, 0.717) is 42.2 Å². The summed E-state index contributed by atoms with van der Waals surface area (Å²) in [4.78, 5) is 54.6. The molecular weight excluding hydrogens is 614 g/mol. The number of benzene rings is 3. The Hall–Kier alpha value is -4.09. The fourth-order valence-electron chi connectivity index (χ4n) is 7.80. The molecular formula is C36H41N5O5S. The maximum absolute atomic E-state index is 13.5. The monoisotopic (exact) mass is 655 g/mol. The highest BCUT2D eigenvalue weighted by atomic mass is 32.2. The van der Waals surface area contributed by atoms with Crippen molar-refractivity contribution in [3.05, 3.63) is 71.3 Å². The van der Waals surface area contributed by atoms with Crippen LogP contribution in [-0.4, -0.2) is 68.4 Å². The van der Waals surface area contributed by atoms with Gasteiger partial charge in [0, 0.05) is 48.2 Å². The van der Waals surface area contributed by atoms with Crippen LogP contribution in [0.1, 0.15) is 86.2 Å². The number of piperidine rings is 3. The summed E-state index contributed by atoms with van der Waals surface area (Å²) in [5.74, 6) is -0.331. The summed E-state index contributed by atoms with van der Waals surface area (Å²) in [5.41, 5.74) is 3.97. The number of nitrogens with one attached hydrogen (secondary N) is 2. The van der Waals surface area contributed by atoms with Crippen LogP contribution >= 0.6 is 0 Å². The molecule has 0 bridgehead atoms. The van der Waals surface area contributed by atoms with Gasteiger partial charge in [0.05, 0.1) is 22.4 Å². The van der Waals surface area contributed by atoms with E-state index in [1.807, 2.05) is 47.4 Å². The highest BCUT2D eigenvalue weighted by Gasteiger charge is 2.41. The maximum Gasteiger partial charge on any atom is 0.321 e. The minimum Gasteiger partial charge on any atom is -0.324 e. The number of hydrogen-bond acceptors (Lipinski definition) is 5. The molecule has 4 heterocycles. The maximum atomic E-state index is 13.5. The largest absolute Gasteiger partial charge is 0.324 e. The first kappa shape index (κ1) is 31.5. The SMILES string of the molecule is CC1(C)CCCCN1S(=O)Cc1cccc(NC(=O)N2CCC(c3ccc4c5c(cccc35)C(=O)N4C3CCC(=O)NC3=O)CC2)c1. The van der Waals surface area contributed by atoms with Gasteiger partial charge in [0.1, 0.15) is 6.04 Å². The van der Waals surface area contributed by atoms with Crippen LogP contribution in [-0.2, 0) is 26.3 Å². The molecule has 2 N–H and O–H groups in total. The molecule has 3 saturated heterocycles. The second kappa shape index (κ2) is 12.5. The molecule has 0 spiro atoms. The van der Waals surface area contributed by atoms with Crippen molar-refractivity contribution in [2.24, 2.45) is 0 Å². The molecule has 246 valence electrons. The zero-order valence-corrected chi connectivity index (χ0v) is 27.7. The predicted octanol–water partition coefficient (Wildman–Crippen LogP) is 5.44. The number of carbonyl (C=O) groups is 4. The number of amides is 5. The lowest BCUT2D eigenvalue weighted by Gasteiger charge is -2.41. The summed E-state index contributed by atoms with van der Waals surface area (Å²) in [6, 6.07) is 16.5. The van der Waals surface area contributed by atoms with Crippen molar-refractivity contribution in [2.45, 2.75) is 82.0 Å². The minimum absolute atomic E-state index is 0.0819. The zero-order chi connectivity index (χ0) is 32.9. The van der Waals surface area contributed by atoms with E-state index >= 15 is 0 Å². The highest BCUT2D eigenvalue weighted by molar-refractivity contribution is 7.81. The standard InChI is InChI=1S/C36H41N5O5S/c1-36(2)17-3-4-18-40(36)47(46)22-23-7-5-8-25(21-23)37-35(45)39-19-15-24(16-20-39)26-11-12-29-32-27(26)9-6-10-28(32)34(44)41(29)30-13-14-31(42)38-33(30)43/h5-12,21,24,30H,3-4,13-20,22H2,1-2H3,(H,37,45)(H,38,42,43). The van der Waals surface area contributed by atoms with E-state index in [2.05, 4.69) is 34.9 Å². The topological polar surface area (TPSA) is 119 Å². The smallest absolute Gasteiger partial charge is 0.321 e. The van der Waals surface area contributed by atoms with E-state index < -0.39 is 22.9 Å². The summed E-state index contributed by atoms with van der Waals surface area (Å²) in [7, 11) is -1.13.